The van der Waals surface area contributed by atoms with E-state index in [0.29, 0.717) is 6.54 Å². The Morgan fingerprint density at radius 1 is 1.32 bits per heavy atom. The molecule has 2 amide bonds. The zero-order chi connectivity index (χ0) is 13.5. The van der Waals surface area contributed by atoms with Gasteiger partial charge in [-0.25, -0.2) is 0 Å². The van der Waals surface area contributed by atoms with Crippen molar-refractivity contribution in [2.45, 2.75) is 32.4 Å². The van der Waals surface area contributed by atoms with Crippen LogP contribution in [-0.2, 0) is 16.1 Å². The second-order valence-corrected chi connectivity index (χ2v) is 5.62. The van der Waals surface area contributed by atoms with Crippen molar-refractivity contribution < 1.29 is 9.59 Å². The number of imide groups is 1. The highest BCUT2D eigenvalue weighted by Gasteiger charge is 2.56. The van der Waals surface area contributed by atoms with E-state index in [1.54, 1.807) is 0 Å². The molecule has 4 heteroatoms. The standard InChI is InChI=1S/C15H18N2O2/c1-15-8-5-9-16-12(15)13(18)17(14(15)19)10-11-6-3-2-4-7-11/h2-4,6-7,12,16H,5,8-10H2,1H3/t12-,15?/m1/s1. The Hall–Kier alpha value is -1.68. The summed E-state index contributed by atoms with van der Waals surface area (Å²) in [5.41, 5.74) is 0.441. The first-order valence-electron chi connectivity index (χ1n) is 6.76. The average molecular weight is 258 g/mol. The van der Waals surface area contributed by atoms with Gasteiger partial charge in [0.1, 0.15) is 6.04 Å². The summed E-state index contributed by atoms with van der Waals surface area (Å²) >= 11 is 0. The van der Waals surface area contributed by atoms with Crippen molar-refractivity contribution in [3.05, 3.63) is 35.9 Å². The summed E-state index contributed by atoms with van der Waals surface area (Å²) in [5, 5.41) is 3.21. The fourth-order valence-corrected chi connectivity index (χ4v) is 3.14. The molecule has 1 aromatic carbocycles. The quantitative estimate of drug-likeness (QED) is 0.814. The predicted molar refractivity (Wildman–Crippen MR) is 71.1 cm³/mol. The van der Waals surface area contributed by atoms with Crippen LogP contribution in [0.5, 0.6) is 0 Å². The molecule has 2 atom stereocenters. The lowest BCUT2D eigenvalue weighted by molar-refractivity contribution is -0.141. The number of nitrogens with one attached hydrogen (secondary N) is 1. The smallest absolute Gasteiger partial charge is 0.247 e. The third-order valence-corrected chi connectivity index (χ3v) is 4.29. The highest BCUT2D eigenvalue weighted by atomic mass is 16.2. The van der Waals surface area contributed by atoms with Crippen LogP contribution in [0.3, 0.4) is 0 Å². The molecule has 1 N–H and O–H groups in total. The average Bonchev–Trinajstić information content (AvgIpc) is 2.62. The highest BCUT2D eigenvalue weighted by molar-refractivity contribution is 6.09. The fraction of sp³-hybridized carbons (Fsp3) is 0.467. The lowest BCUT2D eigenvalue weighted by Crippen LogP contribution is -2.50. The molecule has 1 unspecified atom stereocenters. The van der Waals surface area contributed by atoms with Gasteiger partial charge in [-0.2, -0.15) is 0 Å². The third-order valence-electron chi connectivity index (χ3n) is 4.29. The number of carbonyl (C=O) groups excluding carboxylic acids is 2. The van der Waals surface area contributed by atoms with Crippen LogP contribution in [0, 0.1) is 5.41 Å². The molecule has 2 aliphatic heterocycles. The van der Waals surface area contributed by atoms with Gasteiger partial charge in [-0.1, -0.05) is 30.3 Å². The van der Waals surface area contributed by atoms with Crippen LogP contribution in [0.2, 0.25) is 0 Å². The monoisotopic (exact) mass is 258 g/mol. The van der Waals surface area contributed by atoms with Gasteiger partial charge >= 0.3 is 0 Å². The normalized spacial score (nSPS) is 30.6. The van der Waals surface area contributed by atoms with Gasteiger partial charge in [0.25, 0.3) is 0 Å². The lowest BCUT2D eigenvalue weighted by atomic mass is 9.77. The molecule has 0 radical (unpaired) electrons. The maximum atomic E-state index is 12.5. The summed E-state index contributed by atoms with van der Waals surface area (Å²) in [6.07, 6.45) is 1.74. The van der Waals surface area contributed by atoms with Crippen LogP contribution >= 0.6 is 0 Å². The fourth-order valence-electron chi connectivity index (χ4n) is 3.14. The number of carbonyl (C=O) groups is 2. The topological polar surface area (TPSA) is 49.4 Å². The van der Waals surface area contributed by atoms with Crippen molar-refractivity contribution in [3.8, 4) is 0 Å². The number of nitrogens with zero attached hydrogens (tertiary/aromatic N) is 1. The van der Waals surface area contributed by atoms with Gasteiger partial charge in [0, 0.05) is 0 Å². The summed E-state index contributed by atoms with van der Waals surface area (Å²) < 4.78 is 0. The van der Waals surface area contributed by atoms with E-state index in [0.717, 1.165) is 24.9 Å². The number of amides is 2. The molecule has 0 saturated carbocycles. The van der Waals surface area contributed by atoms with E-state index in [-0.39, 0.29) is 17.9 Å². The SMILES string of the molecule is CC12CCCN[C@@H]1C(=O)N(Cc1ccccc1)C2=O. The number of hydrogen-bond acceptors (Lipinski definition) is 3. The highest BCUT2D eigenvalue weighted by Crippen LogP contribution is 2.39. The Kier molecular flexibility index (Phi) is 2.90. The molecule has 0 aliphatic carbocycles. The van der Waals surface area contributed by atoms with E-state index in [2.05, 4.69) is 5.32 Å². The minimum Gasteiger partial charge on any atom is -0.305 e. The molecule has 2 fully saturated rings. The van der Waals surface area contributed by atoms with E-state index in [1.807, 2.05) is 37.3 Å². The van der Waals surface area contributed by atoms with E-state index in [9.17, 15) is 9.59 Å². The number of rotatable bonds is 2. The summed E-state index contributed by atoms with van der Waals surface area (Å²) in [6, 6.07) is 9.33. The summed E-state index contributed by atoms with van der Waals surface area (Å²) in [5.74, 6) is -0.102. The molecule has 1 aromatic rings. The van der Waals surface area contributed by atoms with Crippen molar-refractivity contribution >= 4 is 11.8 Å². The molecule has 19 heavy (non-hydrogen) atoms. The van der Waals surface area contributed by atoms with Crippen molar-refractivity contribution in [2.75, 3.05) is 6.54 Å². The minimum atomic E-state index is -0.551. The molecule has 100 valence electrons. The van der Waals surface area contributed by atoms with E-state index < -0.39 is 5.41 Å². The Morgan fingerprint density at radius 2 is 2.05 bits per heavy atom. The Labute approximate surface area is 112 Å². The summed E-state index contributed by atoms with van der Waals surface area (Å²) in [6.45, 7) is 3.11. The Bertz CT molecular complexity index is 514. The molecule has 0 bridgehead atoms. The number of likely N-dealkylation sites (tertiary alicyclic amines) is 1. The molecule has 0 aromatic heterocycles. The van der Waals surface area contributed by atoms with Gasteiger partial charge < -0.3 is 5.32 Å². The molecule has 0 spiro atoms. The van der Waals surface area contributed by atoms with Crippen LogP contribution in [0.4, 0.5) is 0 Å². The number of benzene rings is 1. The van der Waals surface area contributed by atoms with Gasteiger partial charge in [0.05, 0.1) is 12.0 Å². The van der Waals surface area contributed by atoms with Crippen LogP contribution in [-0.4, -0.2) is 29.3 Å². The van der Waals surface area contributed by atoms with Gasteiger partial charge in [0.2, 0.25) is 11.8 Å². The largest absolute Gasteiger partial charge is 0.305 e. The maximum Gasteiger partial charge on any atom is 0.247 e. The summed E-state index contributed by atoms with van der Waals surface area (Å²) in [4.78, 5) is 26.4. The molecule has 2 aliphatic rings. The van der Waals surface area contributed by atoms with E-state index >= 15 is 0 Å². The number of piperidine rings is 1. The van der Waals surface area contributed by atoms with Crippen LogP contribution in [0.15, 0.2) is 30.3 Å². The predicted octanol–water partition coefficient (Wildman–Crippen LogP) is 1.31. The third kappa shape index (κ3) is 1.87. The zero-order valence-electron chi connectivity index (χ0n) is 11.1. The molecule has 2 saturated heterocycles. The first-order valence-corrected chi connectivity index (χ1v) is 6.76. The van der Waals surface area contributed by atoms with Crippen molar-refractivity contribution in [2.24, 2.45) is 5.41 Å². The molecule has 3 rings (SSSR count). The van der Waals surface area contributed by atoms with Gasteiger partial charge in [-0.3, -0.25) is 14.5 Å². The first-order chi connectivity index (χ1) is 9.13. The second kappa shape index (κ2) is 4.46. The number of hydrogen-bond donors (Lipinski definition) is 1. The Morgan fingerprint density at radius 3 is 2.74 bits per heavy atom. The van der Waals surface area contributed by atoms with Gasteiger partial charge in [-0.05, 0) is 31.9 Å². The molecular formula is C15H18N2O2. The lowest BCUT2D eigenvalue weighted by Gasteiger charge is -2.32. The zero-order valence-corrected chi connectivity index (χ0v) is 11.1. The van der Waals surface area contributed by atoms with Gasteiger partial charge in [0.15, 0.2) is 0 Å². The van der Waals surface area contributed by atoms with Crippen LogP contribution in [0.1, 0.15) is 25.3 Å². The first kappa shape index (κ1) is 12.4. The molecule has 4 nitrogen and oxygen atoms in total. The second-order valence-electron chi connectivity index (χ2n) is 5.62. The summed E-state index contributed by atoms with van der Waals surface area (Å²) in [7, 11) is 0. The molecule has 2 heterocycles. The Balaban J connectivity index is 1.87. The molecular weight excluding hydrogens is 240 g/mol. The van der Waals surface area contributed by atoms with E-state index in [4.69, 9.17) is 0 Å². The van der Waals surface area contributed by atoms with Crippen LogP contribution in [0.25, 0.3) is 0 Å². The van der Waals surface area contributed by atoms with Gasteiger partial charge in [-0.15, -0.1) is 0 Å². The van der Waals surface area contributed by atoms with Crippen molar-refractivity contribution in [1.29, 1.82) is 0 Å². The van der Waals surface area contributed by atoms with Crippen molar-refractivity contribution in [3.63, 3.8) is 0 Å². The van der Waals surface area contributed by atoms with E-state index in [1.165, 1.54) is 4.90 Å². The minimum absolute atomic E-state index is 0.0291. The van der Waals surface area contributed by atoms with Crippen LogP contribution < -0.4 is 5.32 Å². The number of fused-ring (bicyclic) bond motifs is 1. The van der Waals surface area contributed by atoms with Crippen molar-refractivity contribution in [1.82, 2.24) is 10.2 Å². The maximum absolute atomic E-state index is 12.5.